The summed E-state index contributed by atoms with van der Waals surface area (Å²) in [6.07, 6.45) is 6.30. The molecule has 1 aromatic carbocycles. The van der Waals surface area contributed by atoms with Gasteiger partial charge in [-0.2, -0.15) is 10.1 Å². The number of amides is 1. The van der Waals surface area contributed by atoms with Gasteiger partial charge in [-0.25, -0.2) is 10.4 Å². The van der Waals surface area contributed by atoms with Crippen molar-refractivity contribution in [2.24, 2.45) is 5.10 Å². The molecule has 148 valence electrons. The van der Waals surface area contributed by atoms with Crippen molar-refractivity contribution in [3.05, 3.63) is 46.6 Å². The molecule has 28 heavy (non-hydrogen) atoms. The van der Waals surface area contributed by atoms with Crippen LogP contribution < -0.4 is 15.1 Å². The van der Waals surface area contributed by atoms with E-state index >= 15 is 0 Å². The topological polar surface area (TPSA) is 79.7 Å². The number of halogens is 1. The number of aryl methyl sites for hydroxylation is 1. The highest BCUT2D eigenvalue weighted by molar-refractivity contribution is 6.30. The maximum atomic E-state index is 12.0. The van der Waals surface area contributed by atoms with Crippen molar-refractivity contribution in [3.63, 3.8) is 0 Å². The van der Waals surface area contributed by atoms with Crippen LogP contribution in [0.15, 0.2) is 35.4 Å². The number of benzene rings is 1. The number of rotatable bonds is 6. The summed E-state index contributed by atoms with van der Waals surface area (Å²) in [5, 5.41) is 4.56. The van der Waals surface area contributed by atoms with E-state index in [9.17, 15) is 4.79 Å². The van der Waals surface area contributed by atoms with Gasteiger partial charge >= 0.3 is 0 Å². The minimum atomic E-state index is -0.363. The molecule has 0 radical (unpaired) electrons. The molecule has 1 aliphatic rings. The van der Waals surface area contributed by atoms with Gasteiger partial charge in [-0.15, -0.1) is 0 Å². The van der Waals surface area contributed by atoms with Gasteiger partial charge in [0.15, 0.2) is 6.61 Å². The quantitative estimate of drug-likeness (QED) is 0.593. The third-order valence-electron chi connectivity index (χ3n) is 4.33. The summed E-state index contributed by atoms with van der Waals surface area (Å²) >= 11 is 5.83. The van der Waals surface area contributed by atoms with Crippen molar-refractivity contribution >= 4 is 29.7 Å². The second-order valence-electron chi connectivity index (χ2n) is 6.68. The summed E-state index contributed by atoms with van der Waals surface area (Å²) < 4.78 is 5.55. The van der Waals surface area contributed by atoms with E-state index in [1.165, 1.54) is 12.8 Å². The number of hydrogen-bond acceptors (Lipinski definition) is 6. The lowest BCUT2D eigenvalue weighted by Crippen LogP contribution is -2.27. The molecule has 0 aliphatic carbocycles. The molecule has 1 aromatic heterocycles. The van der Waals surface area contributed by atoms with Gasteiger partial charge in [0.25, 0.3) is 5.91 Å². The first-order valence-corrected chi connectivity index (χ1v) is 9.79. The van der Waals surface area contributed by atoms with Crippen LogP contribution in [0.3, 0.4) is 0 Å². The lowest BCUT2D eigenvalue weighted by atomic mass is 10.2. The minimum Gasteiger partial charge on any atom is -0.467 e. The molecule has 2 aromatic rings. The molecule has 0 unspecified atom stereocenters. The summed E-state index contributed by atoms with van der Waals surface area (Å²) in [6, 6.07) is 8.86. The number of nitrogens with one attached hydrogen (secondary N) is 1. The van der Waals surface area contributed by atoms with E-state index in [1.54, 1.807) is 24.4 Å². The molecule has 3 rings (SSSR count). The zero-order valence-electron chi connectivity index (χ0n) is 15.9. The number of carbonyl (C=O) groups is 1. The molecule has 1 amide bonds. The van der Waals surface area contributed by atoms with E-state index in [1.807, 2.05) is 19.1 Å². The van der Waals surface area contributed by atoms with Crippen molar-refractivity contribution in [1.82, 2.24) is 15.4 Å². The number of aromatic nitrogens is 2. The zero-order chi connectivity index (χ0) is 19.8. The molecule has 1 aliphatic heterocycles. The highest BCUT2D eigenvalue weighted by Crippen LogP contribution is 2.19. The van der Waals surface area contributed by atoms with Crippen LogP contribution in [0.4, 0.5) is 5.95 Å². The number of hydrogen-bond donors (Lipinski definition) is 1. The highest BCUT2D eigenvalue weighted by Gasteiger charge is 2.14. The van der Waals surface area contributed by atoms with Gasteiger partial charge in [-0.3, -0.25) is 4.79 Å². The fourth-order valence-corrected chi connectivity index (χ4v) is 3.04. The number of carbonyl (C=O) groups excluding carboxylic acids is 1. The molecule has 2 heterocycles. The first-order valence-electron chi connectivity index (χ1n) is 9.41. The Morgan fingerprint density at radius 2 is 1.93 bits per heavy atom. The first-order chi connectivity index (χ1) is 13.6. The first kappa shape index (κ1) is 20.1. The lowest BCUT2D eigenvalue weighted by molar-refractivity contribution is -0.123. The molecule has 8 heteroatoms. The monoisotopic (exact) mass is 401 g/mol. The van der Waals surface area contributed by atoms with E-state index in [0.29, 0.717) is 16.9 Å². The number of ether oxygens (including phenoxy) is 1. The average molecular weight is 402 g/mol. The predicted molar refractivity (Wildman–Crippen MR) is 110 cm³/mol. The summed E-state index contributed by atoms with van der Waals surface area (Å²) in [5.41, 5.74) is 4.08. The predicted octanol–water partition coefficient (Wildman–Crippen LogP) is 3.35. The van der Waals surface area contributed by atoms with E-state index in [0.717, 1.165) is 37.2 Å². The Kier molecular flexibility index (Phi) is 7.19. The van der Waals surface area contributed by atoms with Crippen molar-refractivity contribution < 1.29 is 9.53 Å². The molecule has 1 N–H and O–H groups in total. The van der Waals surface area contributed by atoms with Crippen LogP contribution in [0, 0.1) is 6.92 Å². The summed E-state index contributed by atoms with van der Waals surface area (Å²) in [7, 11) is 0. The number of nitrogens with zero attached hydrogens (tertiary/aromatic N) is 4. The third-order valence-corrected chi connectivity index (χ3v) is 4.58. The van der Waals surface area contributed by atoms with Gasteiger partial charge in [0.05, 0.1) is 6.21 Å². The maximum Gasteiger partial charge on any atom is 0.278 e. The van der Waals surface area contributed by atoms with Crippen LogP contribution in [0.5, 0.6) is 5.88 Å². The molecule has 1 saturated heterocycles. The van der Waals surface area contributed by atoms with E-state index in [-0.39, 0.29) is 12.5 Å². The lowest BCUT2D eigenvalue weighted by Gasteiger charge is -2.20. The van der Waals surface area contributed by atoms with Crippen LogP contribution in [-0.4, -0.2) is 41.8 Å². The van der Waals surface area contributed by atoms with Gasteiger partial charge < -0.3 is 9.64 Å². The Labute approximate surface area is 169 Å². The third kappa shape index (κ3) is 6.20. The fraction of sp³-hybridized carbons (Fsp3) is 0.400. The molecular weight excluding hydrogens is 378 g/mol. The average Bonchev–Trinajstić information content (AvgIpc) is 2.97. The van der Waals surface area contributed by atoms with Gasteiger partial charge in [-0.1, -0.05) is 36.6 Å². The number of anilines is 1. The molecule has 7 nitrogen and oxygen atoms in total. The van der Waals surface area contributed by atoms with E-state index in [4.69, 9.17) is 16.3 Å². The minimum absolute atomic E-state index is 0.173. The SMILES string of the molecule is Cc1cc(OCC(=O)NN=Cc2ccc(Cl)cc2)nc(N2CCCCCC2)n1. The van der Waals surface area contributed by atoms with Crippen LogP contribution in [0.25, 0.3) is 0 Å². The standard InChI is InChI=1S/C20H24ClN5O2/c1-15-12-19(24-20(23-15)26-10-4-2-3-5-11-26)28-14-18(27)25-22-13-16-6-8-17(21)9-7-16/h6-9,12-13H,2-5,10-11,14H2,1H3,(H,25,27). The molecule has 0 spiro atoms. The van der Waals surface area contributed by atoms with Crippen LogP contribution in [0.2, 0.25) is 5.02 Å². The van der Waals surface area contributed by atoms with Crippen molar-refractivity contribution in [1.29, 1.82) is 0 Å². The zero-order valence-corrected chi connectivity index (χ0v) is 16.7. The van der Waals surface area contributed by atoms with Gasteiger partial charge in [0.1, 0.15) is 0 Å². The molecule has 0 atom stereocenters. The summed E-state index contributed by atoms with van der Waals surface area (Å²) in [4.78, 5) is 23.1. The summed E-state index contributed by atoms with van der Waals surface area (Å²) in [5.74, 6) is 0.694. The van der Waals surface area contributed by atoms with Crippen LogP contribution in [-0.2, 0) is 4.79 Å². The Morgan fingerprint density at radius 3 is 2.64 bits per heavy atom. The summed E-state index contributed by atoms with van der Waals surface area (Å²) in [6.45, 7) is 3.62. The van der Waals surface area contributed by atoms with Crippen molar-refractivity contribution in [2.75, 3.05) is 24.6 Å². The molecule has 0 bridgehead atoms. The van der Waals surface area contributed by atoms with Gasteiger partial charge in [0, 0.05) is 29.9 Å². The second-order valence-corrected chi connectivity index (χ2v) is 7.12. The molecule has 0 saturated carbocycles. The Bertz CT molecular complexity index is 818. The van der Waals surface area contributed by atoms with Crippen LogP contribution >= 0.6 is 11.6 Å². The Hall–Kier alpha value is -2.67. The van der Waals surface area contributed by atoms with Crippen LogP contribution in [0.1, 0.15) is 36.9 Å². The Balaban J connectivity index is 1.53. The van der Waals surface area contributed by atoms with Gasteiger partial charge in [-0.05, 0) is 37.5 Å². The smallest absolute Gasteiger partial charge is 0.278 e. The molecular formula is C20H24ClN5O2. The largest absolute Gasteiger partial charge is 0.467 e. The number of hydrazone groups is 1. The second kappa shape index (κ2) is 10.0. The molecule has 1 fully saturated rings. The van der Waals surface area contributed by atoms with Gasteiger partial charge in [0.2, 0.25) is 11.8 Å². The van der Waals surface area contributed by atoms with Crippen molar-refractivity contribution in [2.45, 2.75) is 32.6 Å². The van der Waals surface area contributed by atoms with E-state index in [2.05, 4.69) is 25.4 Å². The van der Waals surface area contributed by atoms with E-state index < -0.39 is 0 Å². The maximum absolute atomic E-state index is 12.0. The highest BCUT2D eigenvalue weighted by atomic mass is 35.5. The van der Waals surface area contributed by atoms with Crippen molar-refractivity contribution in [3.8, 4) is 5.88 Å². The normalized spacial score (nSPS) is 14.7. The fourth-order valence-electron chi connectivity index (χ4n) is 2.91. The Morgan fingerprint density at radius 1 is 1.21 bits per heavy atom.